The summed E-state index contributed by atoms with van der Waals surface area (Å²) in [7, 11) is 0. The molecular weight excluding hydrogens is 202 g/mol. The Kier molecular flexibility index (Phi) is 3.06. The van der Waals surface area contributed by atoms with Gasteiger partial charge < -0.3 is 5.11 Å². The van der Waals surface area contributed by atoms with Crippen molar-refractivity contribution >= 4 is 0 Å². The summed E-state index contributed by atoms with van der Waals surface area (Å²) < 4.78 is 0. The fraction of sp³-hybridized carbons (Fsp3) is 0.538. The lowest BCUT2D eigenvalue weighted by molar-refractivity contribution is -0.0632. The van der Waals surface area contributed by atoms with Gasteiger partial charge in [-0.1, -0.05) is 48.9 Å². The molecule has 0 heterocycles. The highest BCUT2D eigenvalue weighted by Gasteiger charge is 2.46. The molecule has 1 saturated carbocycles. The van der Waals surface area contributed by atoms with Crippen LogP contribution in [-0.2, 0) is 5.60 Å². The van der Waals surface area contributed by atoms with Gasteiger partial charge >= 0.3 is 0 Å². The number of aliphatic hydroxyl groups is 1. The van der Waals surface area contributed by atoms with E-state index in [9.17, 15) is 10.0 Å². The van der Waals surface area contributed by atoms with Gasteiger partial charge in [-0.05, 0) is 24.3 Å². The third kappa shape index (κ3) is 1.65. The van der Waals surface area contributed by atoms with Crippen molar-refractivity contribution in [3.8, 4) is 0 Å². The van der Waals surface area contributed by atoms with Crippen LogP contribution in [0, 0.1) is 10.8 Å². The predicted molar refractivity (Wildman–Crippen MR) is 62.9 cm³/mol. The van der Waals surface area contributed by atoms with Crippen LogP contribution in [0.25, 0.3) is 0 Å². The fourth-order valence-corrected chi connectivity index (χ4v) is 2.70. The minimum Gasteiger partial charge on any atom is -0.382 e. The van der Waals surface area contributed by atoms with Gasteiger partial charge in [0.05, 0.1) is 0 Å². The minimum absolute atomic E-state index is 0.0753. The average Bonchev–Trinajstić information content (AvgIpc) is 2.34. The zero-order valence-corrected chi connectivity index (χ0v) is 9.47. The van der Waals surface area contributed by atoms with E-state index >= 15 is 0 Å². The van der Waals surface area contributed by atoms with Crippen LogP contribution in [0.4, 0.5) is 0 Å². The van der Waals surface area contributed by atoms with Gasteiger partial charge in [0.15, 0.2) is 0 Å². The maximum atomic E-state index is 10.9. The average molecular weight is 219 g/mol. The lowest BCUT2D eigenvalue weighted by atomic mass is 9.69. The summed E-state index contributed by atoms with van der Waals surface area (Å²) in [6.45, 7) is 1.99. The van der Waals surface area contributed by atoms with E-state index in [0.717, 1.165) is 18.4 Å². The van der Waals surface area contributed by atoms with Crippen molar-refractivity contribution < 1.29 is 5.11 Å². The van der Waals surface area contributed by atoms with Crippen molar-refractivity contribution in [2.75, 3.05) is 0 Å². The molecule has 2 rings (SSSR count). The van der Waals surface area contributed by atoms with Crippen LogP contribution in [0.3, 0.4) is 0 Å². The lowest BCUT2D eigenvalue weighted by Gasteiger charge is -2.41. The molecule has 3 heteroatoms. The first kappa shape index (κ1) is 11.3. The summed E-state index contributed by atoms with van der Waals surface area (Å²) in [5.41, 5.74) is -0.270. The highest BCUT2D eigenvalue weighted by atomic mass is 16.3. The monoisotopic (exact) mass is 219 g/mol. The maximum Gasteiger partial charge on any atom is 0.125 e. The normalized spacial score (nSPS) is 34.6. The van der Waals surface area contributed by atoms with Gasteiger partial charge in [0, 0.05) is 0 Å². The summed E-state index contributed by atoms with van der Waals surface area (Å²) >= 11 is 0. The molecule has 1 aliphatic carbocycles. The van der Waals surface area contributed by atoms with Gasteiger partial charge in [0.1, 0.15) is 11.6 Å². The summed E-state index contributed by atoms with van der Waals surface area (Å²) in [5, 5.41) is 13.9. The Labute approximate surface area is 95.5 Å². The molecule has 0 bridgehead atoms. The molecule has 1 aliphatic rings. The van der Waals surface area contributed by atoms with E-state index in [1.54, 1.807) is 0 Å². The van der Waals surface area contributed by atoms with Gasteiger partial charge in [-0.15, -0.1) is 0 Å². The van der Waals surface area contributed by atoms with E-state index in [2.05, 4.69) is 5.18 Å². The Balaban J connectivity index is 2.42. The van der Waals surface area contributed by atoms with Crippen LogP contribution in [-0.4, -0.2) is 11.1 Å². The highest BCUT2D eigenvalue weighted by Crippen LogP contribution is 2.42. The molecule has 0 saturated heterocycles. The fourth-order valence-electron chi connectivity index (χ4n) is 2.70. The van der Waals surface area contributed by atoms with Crippen LogP contribution in [0.2, 0.25) is 0 Å². The molecule has 1 aromatic rings. The quantitative estimate of drug-likeness (QED) is 0.777. The van der Waals surface area contributed by atoms with E-state index in [0.29, 0.717) is 6.42 Å². The largest absolute Gasteiger partial charge is 0.382 e. The van der Waals surface area contributed by atoms with Gasteiger partial charge in [-0.25, -0.2) is 0 Å². The Bertz CT molecular complexity index is 365. The molecule has 0 spiro atoms. The third-order valence-corrected chi connectivity index (χ3v) is 3.74. The number of nitrogens with zero attached hydrogens (tertiary/aromatic N) is 1. The molecule has 0 aromatic heterocycles. The zero-order chi connectivity index (χ0) is 11.6. The van der Waals surface area contributed by atoms with Crippen molar-refractivity contribution in [2.45, 2.75) is 37.8 Å². The Morgan fingerprint density at radius 1 is 1.31 bits per heavy atom. The van der Waals surface area contributed by atoms with E-state index in [1.807, 2.05) is 37.3 Å². The van der Waals surface area contributed by atoms with E-state index in [1.165, 1.54) is 0 Å². The molecule has 1 N–H and O–H groups in total. The molecule has 1 aromatic carbocycles. The first-order valence-electron chi connectivity index (χ1n) is 5.80. The summed E-state index contributed by atoms with van der Waals surface area (Å²) in [6, 6.07) is 8.91. The first-order chi connectivity index (χ1) is 7.69. The number of nitroso groups, excluding NO2 is 1. The summed E-state index contributed by atoms with van der Waals surface area (Å²) in [6.07, 6.45) is 2.59. The third-order valence-electron chi connectivity index (χ3n) is 3.74. The van der Waals surface area contributed by atoms with E-state index < -0.39 is 11.6 Å². The van der Waals surface area contributed by atoms with Crippen molar-refractivity contribution in [3.05, 3.63) is 40.8 Å². The van der Waals surface area contributed by atoms with Gasteiger partial charge in [-0.2, -0.15) is 4.91 Å². The molecule has 0 amide bonds. The second-order valence-corrected chi connectivity index (χ2v) is 4.64. The van der Waals surface area contributed by atoms with Crippen molar-refractivity contribution in [1.29, 1.82) is 0 Å². The van der Waals surface area contributed by atoms with Crippen molar-refractivity contribution in [1.82, 2.24) is 0 Å². The lowest BCUT2D eigenvalue weighted by Crippen LogP contribution is -2.46. The minimum atomic E-state index is -1.08. The second kappa shape index (κ2) is 4.34. The Morgan fingerprint density at radius 3 is 2.62 bits per heavy atom. The molecule has 86 valence electrons. The second-order valence-electron chi connectivity index (χ2n) is 4.64. The zero-order valence-electron chi connectivity index (χ0n) is 9.47. The van der Waals surface area contributed by atoms with Crippen LogP contribution in [0.15, 0.2) is 35.5 Å². The number of rotatable bonds is 2. The number of hydrogen-bond acceptors (Lipinski definition) is 3. The first-order valence-corrected chi connectivity index (χ1v) is 5.80. The molecule has 0 aliphatic heterocycles. The van der Waals surface area contributed by atoms with Crippen LogP contribution in [0.5, 0.6) is 0 Å². The maximum absolute atomic E-state index is 10.9. The molecule has 3 unspecified atom stereocenters. The van der Waals surface area contributed by atoms with Crippen molar-refractivity contribution in [2.24, 2.45) is 11.1 Å². The van der Waals surface area contributed by atoms with E-state index in [4.69, 9.17) is 0 Å². The molecular formula is C13H17NO2. The van der Waals surface area contributed by atoms with Crippen LogP contribution in [0.1, 0.15) is 31.7 Å². The van der Waals surface area contributed by atoms with Gasteiger partial charge in [0.25, 0.3) is 0 Å². The molecule has 16 heavy (non-hydrogen) atoms. The Morgan fingerprint density at radius 2 is 2.00 bits per heavy atom. The SMILES string of the molecule is CC1CCCC(N=O)C1(O)c1ccccc1. The molecule has 3 nitrogen and oxygen atoms in total. The summed E-state index contributed by atoms with van der Waals surface area (Å²) in [4.78, 5) is 10.9. The Hall–Kier alpha value is -1.22. The summed E-state index contributed by atoms with van der Waals surface area (Å²) in [5.74, 6) is 0.0753. The molecule has 0 radical (unpaired) electrons. The van der Waals surface area contributed by atoms with Crippen LogP contribution >= 0.6 is 0 Å². The van der Waals surface area contributed by atoms with E-state index in [-0.39, 0.29) is 5.92 Å². The van der Waals surface area contributed by atoms with Gasteiger partial charge in [-0.3, -0.25) is 0 Å². The number of hydrogen-bond donors (Lipinski definition) is 1. The van der Waals surface area contributed by atoms with Gasteiger partial charge in [0.2, 0.25) is 0 Å². The smallest absolute Gasteiger partial charge is 0.125 e. The number of benzene rings is 1. The molecule has 3 atom stereocenters. The van der Waals surface area contributed by atoms with Crippen molar-refractivity contribution in [3.63, 3.8) is 0 Å². The standard InChI is InChI=1S/C13H17NO2/c1-10-6-5-9-12(14-16)13(10,15)11-7-3-2-4-8-11/h2-4,7-8,10,12,15H,5-6,9H2,1H3. The topological polar surface area (TPSA) is 49.7 Å². The predicted octanol–water partition coefficient (Wildman–Crippen LogP) is 2.83. The highest BCUT2D eigenvalue weighted by molar-refractivity contribution is 5.26. The van der Waals surface area contributed by atoms with Crippen LogP contribution < -0.4 is 0 Å². The molecule has 1 fully saturated rings.